The molecule has 0 aliphatic heterocycles. The average molecular weight is 648 g/mol. The second kappa shape index (κ2) is 20.1. The van der Waals surface area contributed by atoms with Gasteiger partial charge in [-0.25, -0.2) is 15.0 Å². The van der Waals surface area contributed by atoms with Crippen LogP contribution in [-0.2, 0) is 13.1 Å². The Morgan fingerprint density at radius 2 is 0.729 bits per heavy atom. The summed E-state index contributed by atoms with van der Waals surface area (Å²) >= 11 is 0. The van der Waals surface area contributed by atoms with Gasteiger partial charge in [0.2, 0.25) is 0 Å². The third-order valence-corrected chi connectivity index (χ3v) is 9.99. The number of para-hydroxylation sites is 4. The number of hydrogen-bond acceptors (Lipinski definition) is 3. The van der Waals surface area contributed by atoms with Gasteiger partial charge in [0.25, 0.3) is 0 Å². The van der Waals surface area contributed by atoms with Gasteiger partial charge >= 0.3 is 0 Å². The third-order valence-electron chi connectivity index (χ3n) is 9.99. The molecule has 3 aromatic heterocycles. The minimum atomic E-state index is 0.924. The largest absolute Gasteiger partial charge is 0.323 e. The molecular weight excluding hydrogens is 587 g/mol. The van der Waals surface area contributed by atoms with E-state index < -0.39 is 0 Å². The van der Waals surface area contributed by atoms with Gasteiger partial charge in [-0.15, -0.1) is 0 Å². The zero-order chi connectivity index (χ0) is 33.2. The van der Waals surface area contributed by atoms with Crippen molar-refractivity contribution < 1.29 is 0 Å². The summed E-state index contributed by atoms with van der Waals surface area (Å²) in [5.74, 6) is 1.93. The van der Waals surface area contributed by atoms with Gasteiger partial charge in [-0.05, 0) is 49.2 Å². The van der Waals surface area contributed by atoms with Gasteiger partial charge in [-0.3, -0.25) is 0 Å². The molecular formula is C43H61N5. The van der Waals surface area contributed by atoms with Gasteiger partial charge in [0.15, 0.2) is 11.6 Å². The fraction of sp³-hybridized carbons (Fsp3) is 0.558. The first kappa shape index (κ1) is 35.8. The SMILES string of the molecule is CCCCCCCCCCCCn1c(-c2cccc(-c3nc4ccccc4n3CCCCCCCCCCCC)n2)nc2ccccc21. The number of benzene rings is 2. The van der Waals surface area contributed by atoms with E-state index in [-0.39, 0.29) is 0 Å². The molecule has 5 rings (SSSR count). The highest BCUT2D eigenvalue weighted by Crippen LogP contribution is 2.29. The van der Waals surface area contributed by atoms with E-state index in [0.29, 0.717) is 0 Å². The zero-order valence-electron chi connectivity index (χ0n) is 30.1. The summed E-state index contributed by atoms with van der Waals surface area (Å²) < 4.78 is 4.80. The molecule has 5 aromatic rings. The molecule has 5 nitrogen and oxygen atoms in total. The lowest BCUT2D eigenvalue weighted by atomic mass is 10.1. The molecule has 3 heterocycles. The van der Waals surface area contributed by atoms with Gasteiger partial charge in [0.05, 0.1) is 22.1 Å². The van der Waals surface area contributed by atoms with Gasteiger partial charge in [0, 0.05) is 13.1 Å². The average Bonchev–Trinajstić information content (AvgIpc) is 3.68. The van der Waals surface area contributed by atoms with Crippen molar-refractivity contribution in [2.24, 2.45) is 0 Å². The molecule has 0 unspecified atom stereocenters. The number of hydrogen-bond donors (Lipinski definition) is 0. The first-order valence-corrected chi connectivity index (χ1v) is 19.7. The molecule has 2 aromatic carbocycles. The molecule has 0 spiro atoms. The number of fused-ring (bicyclic) bond motifs is 2. The number of pyridine rings is 1. The number of rotatable bonds is 24. The van der Waals surface area contributed by atoms with Crippen LogP contribution in [0.2, 0.25) is 0 Å². The van der Waals surface area contributed by atoms with Crippen LogP contribution in [0, 0.1) is 0 Å². The number of imidazole rings is 2. The van der Waals surface area contributed by atoms with Crippen molar-refractivity contribution >= 4 is 22.1 Å². The van der Waals surface area contributed by atoms with Gasteiger partial charge in [0.1, 0.15) is 11.4 Å². The first-order chi connectivity index (χ1) is 23.8. The molecule has 0 bridgehead atoms. The van der Waals surface area contributed by atoms with E-state index in [1.807, 2.05) is 0 Å². The standard InChI is InChI=1S/C43H61N5/c1-3-5-7-9-11-13-15-17-19-25-34-47-40-32-23-21-28-36(40)45-42(47)38-30-27-31-39(44-38)43-46-37-29-22-24-33-41(37)48(43)35-26-20-18-16-14-12-10-8-6-4-2/h21-24,27-33H,3-20,25-26,34-35H2,1-2H3. The topological polar surface area (TPSA) is 48.5 Å². The molecule has 0 aliphatic rings. The van der Waals surface area contributed by atoms with Crippen LogP contribution >= 0.6 is 0 Å². The molecule has 0 radical (unpaired) electrons. The molecule has 0 atom stereocenters. The summed E-state index contributed by atoms with van der Waals surface area (Å²) in [6.07, 6.45) is 26.8. The van der Waals surface area contributed by atoms with Crippen molar-refractivity contribution in [3.63, 3.8) is 0 Å². The van der Waals surface area contributed by atoms with Crippen LogP contribution in [0.25, 0.3) is 45.1 Å². The van der Waals surface area contributed by atoms with Crippen molar-refractivity contribution in [1.29, 1.82) is 0 Å². The lowest BCUT2D eigenvalue weighted by molar-refractivity contribution is 0.538. The molecule has 0 saturated heterocycles. The molecule has 258 valence electrons. The van der Waals surface area contributed by atoms with E-state index in [1.54, 1.807) is 0 Å². The van der Waals surface area contributed by atoms with E-state index in [1.165, 1.54) is 127 Å². The molecule has 0 aliphatic carbocycles. The van der Waals surface area contributed by atoms with Crippen molar-refractivity contribution in [3.8, 4) is 23.0 Å². The monoisotopic (exact) mass is 647 g/mol. The maximum atomic E-state index is 5.26. The van der Waals surface area contributed by atoms with Gasteiger partial charge in [-0.1, -0.05) is 160 Å². The van der Waals surface area contributed by atoms with E-state index >= 15 is 0 Å². The van der Waals surface area contributed by atoms with E-state index in [0.717, 1.165) is 60.0 Å². The lowest BCUT2D eigenvalue weighted by Crippen LogP contribution is -2.04. The normalized spacial score (nSPS) is 11.7. The van der Waals surface area contributed by atoms with Crippen molar-refractivity contribution in [2.45, 2.75) is 155 Å². The van der Waals surface area contributed by atoms with E-state index in [4.69, 9.17) is 15.0 Å². The number of aromatic nitrogens is 5. The second-order valence-electron chi connectivity index (χ2n) is 13.9. The highest BCUT2D eigenvalue weighted by Gasteiger charge is 2.17. The van der Waals surface area contributed by atoms with Gasteiger partial charge < -0.3 is 9.13 Å². The molecule has 0 N–H and O–H groups in total. The molecule has 0 amide bonds. The Hall–Kier alpha value is -3.47. The van der Waals surface area contributed by atoms with Crippen molar-refractivity contribution in [3.05, 3.63) is 66.7 Å². The van der Waals surface area contributed by atoms with E-state index in [2.05, 4.69) is 89.7 Å². The maximum Gasteiger partial charge on any atom is 0.159 e. The van der Waals surface area contributed by atoms with Crippen LogP contribution in [0.15, 0.2) is 66.7 Å². The Morgan fingerprint density at radius 1 is 0.375 bits per heavy atom. The summed E-state index contributed by atoms with van der Waals surface area (Å²) in [4.78, 5) is 15.5. The summed E-state index contributed by atoms with van der Waals surface area (Å²) in [6, 6.07) is 23.5. The fourth-order valence-electron chi connectivity index (χ4n) is 7.19. The van der Waals surface area contributed by atoms with Crippen LogP contribution in [0.4, 0.5) is 0 Å². The first-order valence-electron chi connectivity index (χ1n) is 19.7. The van der Waals surface area contributed by atoms with Crippen LogP contribution in [0.1, 0.15) is 142 Å². The molecule has 0 fully saturated rings. The summed E-state index contributed by atoms with van der Waals surface area (Å²) in [6.45, 7) is 6.52. The summed E-state index contributed by atoms with van der Waals surface area (Å²) in [5, 5.41) is 0. The minimum Gasteiger partial charge on any atom is -0.323 e. The maximum absolute atomic E-state index is 5.26. The Bertz CT molecular complexity index is 1510. The predicted octanol–water partition coefficient (Wildman–Crippen LogP) is 13.0. The smallest absolute Gasteiger partial charge is 0.159 e. The number of nitrogens with zero attached hydrogens (tertiary/aromatic N) is 5. The summed E-state index contributed by atoms with van der Waals surface area (Å²) in [5.41, 5.74) is 6.33. The molecule has 5 heteroatoms. The summed E-state index contributed by atoms with van der Waals surface area (Å²) in [7, 11) is 0. The number of aryl methyl sites for hydroxylation is 2. The van der Waals surface area contributed by atoms with Crippen LogP contribution in [-0.4, -0.2) is 24.1 Å². The minimum absolute atomic E-state index is 0.924. The number of unbranched alkanes of at least 4 members (excludes halogenated alkanes) is 18. The second-order valence-corrected chi connectivity index (χ2v) is 13.9. The Kier molecular flexibility index (Phi) is 15.0. The van der Waals surface area contributed by atoms with Crippen LogP contribution in [0.3, 0.4) is 0 Å². The van der Waals surface area contributed by atoms with Gasteiger partial charge in [-0.2, -0.15) is 0 Å². The van der Waals surface area contributed by atoms with Crippen LogP contribution < -0.4 is 0 Å². The highest BCUT2D eigenvalue weighted by molar-refractivity contribution is 5.82. The van der Waals surface area contributed by atoms with E-state index in [9.17, 15) is 0 Å². The Morgan fingerprint density at radius 3 is 1.12 bits per heavy atom. The highest BCUT2D eigenvalue weighted by atomic mass is 15.1. The van der Waals surface area contributed by atoms with Crippen LogP contribution in [0.5, 0.6) is 0 Å². The Labute approximate surface area is 290 Å². The quantitative estimate of drug-likeness (QED) is 0.0626. The Balaban J connectivity index is 1.25. The fourth-order valence-corrected chi connectivity index (χ4v) is 7.19. The van der Waals surface area contributed by atoms with Crippen molar-refractivity contribution in [1.82, 2.24) is 24.1 Å². The molecule has 48 heavy (non-hydrogen) atoms. The third kappa shape index (κ3) is 10.3. The lowest BCUT2D eigenvalue weighted by Gasteiger charge is -2.12. The molecule has 0 saturated carbocycles. The predicted molar refractivity (Wildman–Crippen MR) is 205 cm³/mol. The van der Waals surface area contributed by atoms with Crippen molar-refractivity contribution in [2.75, 3.05) is 0 Å². The zero-order valence-corrected chi connectivity index (χ0v) is 30.1.